The zero-order chi connectivity index (χ0) is 20.5. The van der Waals surface area contributed by atoms with Gasteiger partial charge in [0.2, 0.25) is 0 Å². The smallest absolute Gasteiger partial charge is 0.435 e. The first-order valence-electron chi connectivity index (χ1n) is 7.28. The Bertz CT molecular complexity index is 696. The minimum Gasteiger partial charge on any atom is -0.478 e. The predicted molar refractivity (Wildman–Crippen MR) is 79.2 cm³/mol. The lowest BCUT2D eigenvalue weighted by Gasteiger charge is -2.32. The van der Waals surface area contributed by atoms with Gasteiger partial charge in [-0.3, -0.25) is 4.21 Å². The van der Waals surface area contributed by atoms with Crippen LogP contribution in [0.4, 0.5) is 30.7 Å². The minimum atomic E-state index is -6.38. The number of halogens is 7. The van der Waals surface area contributed by atoms with Gasteiger partial charge in [-0.2, -0.15) is 26.3 Å². The van der Waals surface area contributed by atoms with Crippen molar-refractivity contribution >= 4 is 16.8 Å². The summed E-state index contributed by atoms with van der Waals surface area (Å²) < 4.78 is 105. The van der Waals surface area contributed by atoms with E-state index in [4.69, 9.17) is 5.11 Å². The van der Waals surface area contributed by atoms with E-state index in [1.54, 1.807) is 6.92 Å². The molecule has 0 bridgehead atoms. The number of carboxylic acids is 1. The number of rotatable bonds is 6. The average molecular weight is 408 g/mol. The Morgan fingerprint density at radius 3 is 1.96 bits per heavy atom. The van der Waals surface area contributed by atoms with E-state index in [1.807, 2.05) is 0 Å². The molecule has 0 radical (unpaired) electrons. The van der Waals surface area contributed by atoms with Gasteiger partial charge in [-0.1, -0.05) is 19.4 Å². The second-order valence-corrected chi connectivity index (χ2v) is 6.98. The van der Waals surface area contributed by atoms with Gasteiger partial charge in [0, 0.05) is 16.2 Å². The highest BCUT2D eigenvalue weighted by Crippen LogP contribution is 2.54. The summed E-state index contributed by atoms with van der Waals surface area (Å²) in [7, 11) is -2.45. The number of unbranched alkanes of at least 4 members (excludes halogenated alkanes) is 1. The topological polar surface area (TPSA) is 54.4 Å². The number of hydrogen-bond acceptors (Lipinski definition) is 2. The Labute approximate surface area is 146 Å². The van der Waals surface area contributed by atoms with Crippen molar-refractivity contribution in [2.24, 2.45) is 0 Å². The lowest BCUT2D eigenvalue weighted by molar-refractivity contribution is -0.349. The Balaban J connectivity index is 3.88. The molecule has 0 spiro atoms. The van der Waals surface area contributed by atoms with E-state index in [1.165, 1.54) is 0 Å². The summed E-state index contributed by atoms with van der Waals surface area (Å²) in [4.78, 5) is 10.0. The van der Waals surface area contributed by atoms with Gasteiger partial charge in [0.25, 0.3) is 0 Å². The van der Waals surface area contributed by atoms with Crippen LogP contribution in [-0.4, -0.2) is 33.4 Å². The Kier molecular flexibility index (Phi) is 6.49. The van der Waals surface area contributed by atoms with Crippen molar-refractivity contribution in [3.8, 4) is 0 Å². The van der Waals surface area contributed by atoms with Crippen molar-refractivity contribution in [1.82, 2.24) is 0 Å². The first-order chi connectivity index (χ1) is 11.7. The van der Waals surface area contributed by atoms with Crippen molar-refractivity contribution in [2.45, 2.75) is 49.6 Å². The summed E-state index contributed by atoms with van der Waals surface area (Å²) >= 11 is 0. The molecule has 0 aromatic heterocycles. The molecule has 26 heavy (non-hydrogen) atoms. The fourth-order valence-corrected chi connectivity index (χ4v) is 3.99. The predicted octanol–water partition coefficient (Wildman–Crippen LogP) is 4.89. The van der Waals surface area contributed by atoms with Crippen LogP contribution in [0.2, 0.25) is 0 Å². The fraction of sp³-hybridized carbons (Fsp3) is 0.533. The molecule has 1 rings (SSSR count). The zero-order valence-electron chi connectivity index (χ0n) is 13.6. The van der Waals surface area contributed by atoms with Gasteiger partial charge >= 0.3 is 24.0 Å². The van der Waals surface area contributed by atoms with E-state index in [-0.39, 0.29) is 18.2 Å². The number of benzene rings is 1. The second kappa shape index (κ2) is 7.53. The van der Waals surface area contributed by atoms with Gasteiger partial charge in [-0.05, 0) is 25.0 Å². The maximum Gasteiger partial charge on any atom is 0.435 e. The van der Waals surface area contributed by atoms with Crippen molar-refractivity contribution < 1.29 is 44.8 Å². The molecule has 0 saturated heterocycles. The normalized spacial score (nSPS) is 14.3. The second-order valence-electron chi connectivity index (χ2n) is 5.48. The third-order valence-corrected chi connectivity index (χ3v) is 5.34. The summed E-state index contributed by atoms with van der Waals surface area (Å²) in [5.41, 5.74) is -8.92. The minimum absolute atomic E-state index is 0.0939. The van der Waals surface area contributed by atoms with E-state index >= 15 is 0 Å². The number of carbonyl (C=O) groups is 1. The molecule has 0 unspecified atom stereocenters. The molecule has 3 nitrogen and oxygen atoms in total. The molecule has 1 aromatic rings. The van der Waals surface area contributed by atoms with Gasteiger partial charge < -0.3 is 5.11 Å². The highest BCUT2D eigenvalue weighted by atomic mass is 32.2. The van der Waals surface area contributed by atoms with Crippen LogP contribution in [0.3, 0.4) is 0 Å². The van der Waals surface area contributed by atoms with Crippen LogP contribution in [-0.2, 0) is 16.5 Å². The third kappa shape index (κ3) is 3.86. The molecule has 11 heteroatoms. The van der Waals surface area contributed by atoms with Crippen molar-refractivity contribution in [3.05, 3.63) is 28.8 Å². The molecule has 0 fully saturated rings. The standard InChI is InChI=1S/C15H15F7O3S/c1-3-4-7-26(25)11-8(2)9(12(23)24)5-6-10(11)13(16,14(17,18)19)15(20,21)22/h5-6H,3-4,7H2,1-2H3,(H,23,24)/t26-/m0/s1. The largest absolute Gasteiger partial charge is 0.478 e. The number of hydrogen-bond donors (Lipinski definition) is 1. The Morgan fingerprint density at radius 2 is 1.58 bits per heavy atom. The van der Waals surface area contributed by atoms with Crippen LogP contribution in [0, 0.1) is 6.92 Å². The van der Waals surface area contributed by atoms with E-state index < -0.39 is 56.4 Å². The molecular formula is C15H15F7O3S. The van der Waals surface area contributed by atoms with Gasteiger partial charge in [0.1, 0.15) is 0 Å². The molecule has 0 amide bonds. The molecule has 0 heterocycles. The van der Waals surface area contributed by atoms with Crippen LogP contribution < -0.4 is 0 Å². The third-order valence-electron chi connectivity index (χ3n) is 3.70. The molecular weight excluding hydrogens is 393 g/mol. The summed E-state index contributed by atoms with van der Waals surface area (Å²) in [5.74, 6) is -1.98. The molecule has 1 N–H and O–H groups in total. The Morgan fingerprint density at radius 1 is 1.08 bits per heavy atom. The Hall–Kier alpha value is -1.65. The van der Waals surface area contributed by atoms with E-state index in [0.717, 1.165) is 6.92 Å². The van der Waals surface area contributed by atoms with Crippen LogP contribution in [0.15, 0.2) is 17.0 Å². The van der Waals surface area contributed by atoms with E-state index in [2.05, 4.69) is 0 Å². The number of alkyl halides is 7. The fourth-order valence-electron chi connectivity index (χ4n) is 2.33. The quantitative estimate of drug-likeness (QED) is 0.682. The first-order valence-corrected chi connectivity index (χ1v) is 8.60. The van der Waals surface area contributed by atoms with Gasteiger partial charge in [-0.25, -0.2) is 9.18 Å². The van der Waals surface area contributed by atoms with Gasteiger partial charge in [0.15, 0.2) is 0 Å². The van der Waals surface area contributed by atoms with Gasteiger partial charge in [-0.15, -0.1) is 0 Å². The summed E-state index contributed by atoms with van der Waals surface area (Å²) in [6.07, 6.45) is -12.2. The summed E-state index contributed by atoms with van der Waals surface area (Å²) in [6.45, 7) is 2.54. The summed E-state index contributed by atoms with van der Waals surface area (Å²) in [5, 5.41) is 9.02. The van der Waals surface area contributed by atoms with Crippen LogP contribution in [0.5, 0.6) is 0 Å². The van der Waals surface area contributed by atoms with E-state index in [0.29, 0.717) is 12.5 Å². The van der Waals surface area contributed by atoms with Gasteiger partial charge in [0.05, 0.1) is 16.4 Å². The van der Waals surface area contributed by atoms with Crippen LogP contribution in [0.25, 0.3) is 0 Å². The average Bonchev–Trinajstić information content (AvgIpc) is 2.48. The monoisotopic (exact) mass is 408 g/mol. The molecule has 0 aliphatic carbocycles. The van der Waals surface area contributed by atoms with Crippen LogP contribution in [0.1, 0.15) is 41.3 Å². The van der Waals surface area contributed by atoms with Crippen molar-refractivity contribution in [2.75, 3.05) is 5.75 Å². The number of carboxylic acid groups (broad SMARTS) is 1. The summed E-state index contributed by atoms with van der Waals surface area (Å²) in [6, 6.07) is 0.538. The van der Waals surface area contributed by atoms with Crippen molar-refractivity contribution in [3.63, 3.8) is 0 Å². The highest BCUT2D eigenvalue weighted by Gasteiger charge is 2.74. The lowest BCUT2D eigenvalue weighted by Crippen LogP contribution is -2.51. The highest BCUT2D eigenvalue weighted by molar-refractivity contribution is 7.85. The molecule has 0 aliphatic rings. The molecule has 0 aliphatic heterocycles. The number of aromatic carboxylic acids is 1. The van der Waals surface area contributed by atoms with Crippen molar-refractivity contribution in [1.29, 1.82) is 0 Å². The maximum absolute atomic E-state index is 14.5. The molecule has 148 valence electrons. The lowest BCUT2D eigenvalue weighted by atomic mass is 9.91. The van der Waals surface area contributed by atoms with E-state index in [9.17, 15) is 39.7 Å². The van der Waals surface area contributed by atoms with Crippen LogP contribution >= 0.6 is 0 Å². The maximum atomic E-state index is 14.5. The first kappa shape index (κ1) is 22.4. The SMILES string of the molecule is CCCC[S@](=O)c1c(C(F)(C(F)(F)F)C(F)(F)F)ccc(C(=O)O)c1C. The zero-order valence-corrected chi connectivity index (χ0v) is 14.4. The molecule has 1 atom stereocenters. The molecule has 1 aromatic carbocycles. The molecule has 0 saturated carbocycles.